The number of esters is 1. The second kappa shape index (κ2) is 6.75. The van der Waals surface area contributed by atoms with Crippen molar-refractivity contribution >= 4 is 17.8 Å². The summed E-state index contributed by atoms with van der Waals surface area (Å²) in [5, 5.41) is 0. The minimum Gasteiger partial charge on any atom is -0.497 e. The molecule has 0 radical (unpaired) electrons. The van der Waals surface area contributed by atoms with E-state index in [0.717, 1.165) is 16.9 Å². The molecule has 0 atom stereocenters. The Balaban J connectivity index is 1.88. The van der Waals surface area contributed by atoms with Crippen LogP contribution in [0, 0.1) is 0 Å². The zero-order chi connectivity index (χ0) is 17.1. The van der Waals surface area contributed by atoms with Gasteiger partial charge in [-0.05, 0) is 41.3 Å². The van der Waals surface area contributed by atoms with E-state index >= 15 is 0 Å². The Hall–Kier alpha value is -2.81. The van der Waals surface area contributed by atoms with Crippen molar-refractivity contribution in [3.8, 4) is 5.75 Å². The number of carbonyl (C=O) groups is 1. The van der Waals surface area contributed by atoms with Gasteiger partial charge in [-0.1, -0.05) is 50.2 Å². The van der Waals surface area contributed by atoms with Crippen LogP contribution in [0.3, 0.4) is 0 Å². The van der Waals surface area contributed by atoms with E-state index in [2.05, 4.69) is 26.0 Å². The van der Waals surface area contributed by atoms with Gasteiger partial charge < -0.3 is 9.47 Å². The first kappa shape index (κ1) is 16.1. The lowest BCUT2D eigenvalue weighted by atomic mass is 10.0. The molecule has 0 aromatic heterocycles. The number of hydrogen-bond acceptors (Lipinski definition) is 3. The third kappa shape index (κ3) is 3.40. The fourth-order valence-corrected chi connectivity index (χ4v) is 2.57. The summed E-state index contributed by atoms with van der Waals surface area (Å²) in [6.45, 7) is 4.30. The Labute approximate surface area is 142 Å². The summed E-state index contributed by atoms with van der Waals surface area (Å²) in [5.74, 6) is 1.48. The molecule has 0 saturated heterocycles. The third-order valence-corrected chi connectivity index (χ3v) is 4.00. The second-order valence-electron chi connectivity index (χ2n) is 6.05. The summed E-state index contributed by atoms with van der Waals surface area (Å²) in [7, 11) is 1.62. The minimum absolute atomic E-state index is 0.333. The summed E-state index contributed by atoms with van der Waals surface area (Å²) in [6.07, 6.45) is 3.59. The summed E-state index contributed by atoms with van der Waals surface area (Å²) in [4.78, 5) is 12.1. The topological polar surface area (TPSA) is 35.5 Å². The van der Waals surface area contributed by atoms with Crippen LogP contribution in [0.15, 0.2) is 60.2 Å². The molecule has 0 bridgehead atoms. The highest BCUT2D eigenvalue weighted by molar-refractivity contribution is 6.05. The molecular formula is C21H20O3. The number of ether oxygens (including phenoxy) is 2. The smallest absolute Gasteiger partial charge is 0.343 e. The largest absolute Gasteiger partial charge is 0.497 e. The number of benzene rings is 2. The molecule has 0 unspecified atom stereocenters. The van der Waals surface area contributed by atoms with Gasteiger partial charge in [0.2, 0.25) is 0 Å². The van der Waals surface area contributed by atoms with Crippen LogP contribution in [0.25, 0.3) is 11.8 Å². The van der Waals surface area contributed by atoms with Crippen molar-refractivity contribution < 1.29 is 14.3 Å². The van der Waals surface area contributed by atoms with Crippen LogP contribution < -0.4 is 4.74 Å². The highest BCUT2D eigenvalue weighted by atomic mass is 16.5. The molecule has 1 aliphatic heterocycles. The average Bonchev–Trinajstić information content (AvgIpc) is 2.96. The molecule has 3 rings (SSSR count). The molecule has 3 heteroatoms. The number of methoxy groups -OCH3 is 1. The highest BCUT2D eigenvalue weighted by Gasteiger charge is 2.22. The summed E-state index contributed by atoms with van der Waals surface area (Å²) in [5.41, 5.74) is 3.60. The molecule has 0 aliphatic carbocycles. The third-order valence-electron chi connectivity index (χ3n) is 4.00. The maximum Gasteiger partial charge on any atom is 0.343 e. The van der Waals surface area contributed by atoms with Gasteiger partial charge in [0.15, 0.2) is 0 Å². The van der Waals surface area contributed by atoms with Crippen LogP contribution in [-0.2, 0) is 9.53 Å². The second-order valence-corrected chi connectivity index (χ2v) is 6.05. The van der Waals surface area contributed by atoms with Gasteiger partial charge in [-0.2, -0.15) is 0 Å². The standard InChI is InChI=1S/C21H20O3/c1-14(2)16-7-9-17(10-8-16)20-13-18(21(22)24-20)11-15-5-4-6-19(12-15)23-3/h4-14H,1-3H3/b18-11+. The van der Waals surface area contributed by atoms with E-state index in [-0.39, 0.29) is 5.97 Å². The molecule has 2 aromatic rings. The fourth-order valence-electron chi connectivity index (χ4n) is 2.57. The van der Waals surface area contributed by atoms with Gasteiger partial charge in [0.05, 0.1) is 12.7 Å². The lowest BCUT2D eigenvalue weighted by molar-refractivity contribution is -0.130. The zero-order valence-corrected chi connectivity index (χ0v) is 14.1. The zero-order valence-electron chi connectivity index (χ0n) is 14.1. The van der Waals surface area contributed by atoms with E-state index in [9.17, 15) is 4.79 Å². The number of hydrogen-bond donors (Lipinski definition) is 0. The van der Waals surface area contributed by atoms with Gasteiger partial charge in [-0.25, -0.2) is 4.79 Å². The van der Waals surface area contributed by atoms with Crippen molar-refractivity contribution in [2.45, 2.75) is 19.8 Å². The van der Waals surface area contributed by atoms with Crippen LogP contribution in [0.5, 0.6) is 5.75 Å². The molecule has 1 aliphatic rings. The van der Waals surface area contributed by atoms with Crippen molar-refractivity contribution in [2.24, 2.45) is 0 Å². The molecule has 0 saturated carbocycles. The van der Waals surface area contributed by atoms with Crippen LogP contribution in [-0.4, -0.2) is 13.1 Å². The first-order valence-electron chi connectivity index (χ1n) is 7.97. The Morgan fingerprint density at radius 2 is 1.83 bits per heavy atom. The fraction of sp³-hybridized carbons (Fsp3) is 0.190. The molecule has 122 valence electrons. The molecule has 3 nitrogen and oxygen atoms in total. The molecule has 0 spiro atoms. The lowest BCUT2D eigenvalue weighted by Gasteiger charge is -2.06. The van der Waals surface area contributed by atoms with Gasteiger partial charge in [0.25, 0.3) is 0 Å². The maximum atomic E-state index is 12.1. The molecule has 0 fully saturated rings. The first-order chi connectivity index (χ1) is 11.6. The van der Waals surface area contributed by atoms with E-state index in [1.807, 2.05) is 36.4 Å². The van der Waals surface area contributed by atoms with Crippen molar-refractivity contribution in [3.63, 3.8) is 0 Å². The van der Waals surface area contributed by atoms with E-state index in [4.69, 9.17) is 9.47 Å². The van der Waals surface area contributed by atoms with Crippen molar-refractivity contribution in [2.75, 3.05) is 7.11 Å². The monoisotopic (exact) mass is 320 g/mol. The van der Waals surface area contributed by atoms with Crippen molar-refractivity contribution in [1.29, 1.82) is 0 Å². The first-order valence-corrected chi connectivity index (χ1v) is 7.97. The maximum absolute atomic E-state index is 12.1. The van der Waals surface area contributed by atoms with Crippen molar-refractivity contribution in [3.05, 3.63) is 76.9 Å². The normalized spacial score (nSPS) is 15.6. The highest BCUT2D eigenvalue weighted by Crippen LogP contribution is 2.29. The molecule has 2 aromatic carbocycles. The molecule has 0 amide bonds. The Morgan fingerprint density at radius 3 is 2.50 bits per heavy atom. The number of cyclic esters (lactones) is 1. The number of rotatable bonds is 4. The summed E-state index contributed by atoms with van der Waals surface area (Å²) >= 11 is 0. The summed E-state index contributed by atoms with van der Waals surface area (Å²) in [6, 6.07) is 15.7. The van der Waals surface area contributed by atoms with Gasteiger partial charge in [-0.3, -0.25) is 0 Å². The number of carbonyl (C=O) groups excluding carboxylic acids is 1. The van der Waals surface area contributed by atoms with E-state index in [1.165, 1.54) is 5.56 Å². The molecule has 1 heterocycles. The predicted octanol–water partition coefficient (Wildman–Crippen LogP) is 4.80. The molecular weight excluding hydrogens is 300 g/mol. The van der Waals surface area contributed by atoms with Crippen molar-refractivity contribution in [1.82, 2.24) is 0 Å². The SMILES string of the molecule is COc1cccc(/C=C2\C=C(c3ccc(C(C)C)cc3)OC2=O)c1. The lowest BCUT2D eigenvalue weighted by Crippen LogP contribution is -1.97. The predicted molar refractivity (Wildman–Crippen MR) is 95.6 cm³/mol. The van der Waals surface area contributed by atoms with Crippen LogP contribution in [0.2, 0.25) is 0 Å². The minimum atomic E-state index is -0.333. The van der Waals surface area contributed by atoms with Crippen LogP contribution >= 0.6 is 0 Å². The Bertz CT molecular complexity index is 811. The van der Waals surface area contributed by atoms with E-state index in [1.54, 1.807) is 19.3 Å². The van der Waals surface area contributed by atoms with Gasteiger partial charge >= 0.3 is 5.97 Å². The van der Waals surface area contributed by atoms with Crippen LogP contribution in [0.4, 0.5) is 0 Å². The quantitative estimate of drug-likeness (QED) is 0.599. The van der Waals surface area contributed by atoms with E-state index in [0.29, 0.717) is 17.3 Å². The van der Waals surface area contributed by atoms with Gasteiger partial charge in [-0.15, -0.1) is 0 Å². The van der Waals surface area contributed by atoms with Crippen LogP contribution in [0.1, 0.15) is 36.5 Å². The summed E-state index contributed by atoms with van der Waals surface area (Å²) < 4.78 is 10.6. The Morgan fingerprint density at radius 1 is 1.08 bits per heavy atom. The van der Waals surface area contributed by atoms with Gasteiger partial charge in [0, 0.05) is 5.56 Å². The van der Waals surface area contributed by atoms with Gasteiger partial charge in [0.1, 0.15) is 11.5 Å². The molecule has 24 heavy (non-hydrogen) atoms. The average molecular weight is 320 g/mol. The Kier molecular flexibility index (Phi) is 4.52. The molecule has 0 N–H and O–H groups in total. The van der Waals surface area contributed by atoms with E-state index < -0.39 is 0 Å².